The van der Waals surface area contributed by atoms with Crippen LogP contribution in [0.1, 0.15) is 39.9 Å². The van der Waals surface area contributed by atoms with Crippen molar-refractivity contribution in [2.24, 2.45) is 0 Å². The number of carbonyl (C=O) groups is 1. The Bertz CT molecular complexity index is 1130. The molecule has 2 aliphatic heterocycles. The molecule has 8 heteroatoms. The normalized spacial score (nSPS) is 26.1. The molecule has 0 saturated heterocycles. The summed E-state index contributed by atoms with van der Waals surface area (Å²) in [5, 5.41) is 0. The minimum atomic E-state index is -4.53. The van der Waals surface area contributed by atoms with Gasteiger partial charge < -0.3 is 19.1 Å². The molecule has 5 rings (SSSR count). The Kier molecular flexibility index (Phi) is 5.16. The fourth-order valence-electron chi connectivity index (χ4n) is 5.18. The predicted molar refractivity (Wildman–Crippen MR) is 114 cm³/mol. The van der Waals surface area contributed by atoms with E-state index < -0.39 is 23.8 Å². The summed E-state index contributed by atoms with van der Waals surface area (Å²) in [6, 6.07) is 8.26. The molecule has 3 atom stereocenters. The van der Waals surface area contributed by atoms with Crippen LogP contribution in [0.3, 0.4) is 0 Å². The average Bonchev–Trinajstić information content (AvgIpc) is 3.04. The van der Waals surface area contributed by atoms with E-state index in [2.05, 4.69) is 24.1 Å². The molecule has 0 unspecified atom stereocenters. The van der Waals surface area contributed by atoms with Crippen LogP contribution in [0.2, 0.25) is 0 Å². The fraction of sp³-hybridized carbons (Fsp3) is 0.400. The van der Waals surface area contributed by atoms with Gasteiger partial charge in [-0.2, -0.15) is 13.2 Å². The molecule has 2 aromatic carbocycles. The van der Waals surface area contributed by atoms with Gasteiger partial charge in [0.15, 0.2) is 11.5 Å². The Morgan fingerprint density at radius 1 is 1.24 bits per heavy atom. The molecule has 0 fully saturated rings. The van der Waals surface area contributed by atoms with Crippen molar-refractivity contribution in [3.05, 3.63) is 70.8 Å². The Labute approximate surface area is 189 Å². The summed E-state index contributed by atoms with van der Waals surface area (Å²) in [4.78, 5) is 14.9. The molecular formula is C25H24F3NO4. The number of carbonyl (C=O) groups excluding carboxylic acids is 1. The Hall–Kier alpha value is -3.00. The largest absolute Gasteiger partial charge is 0.493 e. The van der Waals surface area contributed by atoms with Gasteiger partial charge >= 0.3 is 12.1 Å². The zero-order valence-corrected chi connectivity index (χ0v) is 18.3. The van der Waals surface area contributed by atoms with E-state index in [9.17, 15) is 18.0 Å². The first-order valence-electron chi connectivity index (χ1n) is 10.8. The highest BCUT2D eigenvalue weighted by Gasteiger charge is 2.53. The van der Waals surface area contributed by atoms with Crippen molar-refractivity contribution in [1.29, 1.82) is 0 Å². The van der Waals surface area contributed by atoms with Crippen LogP contribution >= 0.6 is 0 Å². The lowest BCUT2D eigenvalue weighted by molar-refractivity contribution is -0.137. The quantitative estimate of drug-likeness (QED) is 0.491. The molecule has 5 nitrogen and oxygen atoms in total. The van der Waals surface area contributed by atoms with E-state index in [4.69, 9.17) is 14.2 Å². The molecule has 174 valence electrons. The summed E-state index contributed by atoms with van der Waals surface area (Å²) in [6.45, 7) is 1.67. The molecule has 3 aliphatic rings. The standard InChI is InChI=1S/C25H24F3NO4/c1-29-11-10-24-9-8-18(32-23(30)15-4-3-5-17(12-15)25(26,27)28)13-20(24)33-22-19(31-2)7-6-16(14-29)21(22)24/h3-9,12,18,20H,10-11,13-14H2,1-2H3/t18-,20-,24-/m0/s1. The Morgan fingerprint density at radius 3 is 2.82 bits per heavy atom. The smallest absolute Gasteiger partial charge is 0.416 e. The van der Waals surface area contributed by atoms with Crippen LogP contribution in [-0.2, 0) is 22.9 Å². The first-order valence-corrected chi connectivity index (χ1v) is 10.8. The maximum Gasteiger partial charge on any atom is 0.416 e. The summed E-state index contributed by atoms with van der Waals surface area (Å²) in [7, 11) is 3.69. The van der Waals surface area contributed by atoms with E-state index in [0.29, 0.717) is 12.2 Å². The minimum absolute atomic E-state index is 0.130. The van der Waals surface area contributed by atoms with E-state index in [1.54, 1.807) is 7.11 Å². The molecule has 0 amide bonds. The van der Waals surface area contributed by atoms with Crippen LogP contribution in [0.4, 0.5) is 13.2 Å². The van der Waals surface area contributed by atoms with Crippen molar-refractivity contribution in [1.82, 2.24) is 4.90 Å². The number of esters is 1. The van der Waals surface area contributed by atoms with Crippen molar-refractivity contribution in [2.45, 2.75) is 43.2 Å². The molecule has 33 heavy (non-hydrogen) atoms. The number of halogens is 3. The zero-order chi connectivity index (χ0) is 23.4. The summed E-state index contributed by atoms with van der Waals surface area (Å²) < 4.78 is 56.6. The van der Waals surface area contributed by atoms with Gasteiger partial charge in [-0.3, -0.25) is 0 Å². The van der Waals surface area contributed by atoms with Crippen LogP contribution in [-0.4, -0.2) is 43.8 Å². The Morgan fingerprint density at radius 2 is 2.06 bits per heavy atom. The minimum Gasteiger partial charge on any atom is -0.493 e. The van der Waals surface area contributed by atoms with Gasteiger partial charge in [-0.05, 0) is 55.9 Å². The second kappa shape index (κ2) is 7.80. The van der Waals surface area contributed by atoms with Gasteiger partial charge in [0.2, 0.25) is 0 Å². The lowest BCUT2D eigenvalue weighted by atomic mass is 9.69. The molecular weight excluding hydrogens is 435 g/mol. The van der Waals surface area contributed by atoms with E-state index in [0.717, 1.165) is 43.0 Å². The second-order valence-corrected chi connectivity index (χ2v) is 8.88. The number of nitrogens with zero attached hydrogens (tertiary/aromatic N) is 1. The molecule has 2 aromatic rings. The first-order chi connectivity index (χ1) is 15.7. The van der Waals surface area contributed by atoms with Crippen molar-refractivity contribution in [3.63, 3.8) is 0 Å². The first kappa shape index (κ1) is 21.8. The maximum atomic E-state index is 13.0. The molecule has 1 aliphatic carbocycles. The van der Waals surface area contributed by atoms with E-state index >= 15 is 0 Å². The predicted octanol–water partition coefficient (Wildman–Crippen LogP) is 4.73. The van der Waals surface area contributed by atoms with Crippen LogP contribution < -0.4 is 9.47 Å². The van der Waals surface area contributed by atoms with Crippen molar-refractivity contribution < 1.29 is 32.2 Å². The van der Waals surface area contributed by atoms with Crippen LogP contribution in [0, 0.1) is 0 Å². The monoisotopic (exact) mass is 459 g/mol. The summed E-state index contributed by atoms with van der Waals surface area (Å²) in [5.74, 6) is 0.601. The highest BCUT2D eigenvalue weighted by molar-refractivity contribution is 5.89. The third kappa shape index (κ3) is 3.66. The van der Waals surface area contributed by atoms with Crippen LogP contribution in [0.5, 0.6) is 11.5 Å². The van der Waals surface area contributed by atoms with Crippen LogP contribution in [0.15, 0.2) is 48.6 Å². The summed E-state index contributed by atoms with van der Waals surface area (Å²) >= 11 is 0. The summed E-state index contributed by atoms with van der Waals surface area (Å²) in [5.41, 5.74) is 0.928. The number of hydrogen-bond donors (Lipinski definition) is 0. The van der Waals surface area contributed by atoms with Gasteiger partial charge in [-0.15, -0.1) is 0 Å². The SMILES string of the molecule is COc1ccc2c3c1O[C@H]1C[C@@H](OC(=O)c4cccc(C(F)(F)F)c4)C=C[C@@]31CCN(C)C2. The van der Waals surface area contributed by atoms with Gasteiger partial charge in [0, 0.05) is 18.5 Å². The summed E-state index contributed by atoms with van der Waals surface area (Å²) in [6.07, 6.45) is -0.256. The van der Waals surface area contributed by atoms with E-state index in [-0.39, 0.29) is 17.1 Å². The van der Waals surface area contributed by atoms with Gasteiger partial charge in [0.1, 0.15) is 12.2 Å². The highest BCUT2D eigenvalue weighted by atomic mass is 19.4. The van der Waals surface area contributed by atoms with Gasteiger partial charge in [-0.25, -0.2) is 4.79 Å². The lowest BCUT2D eigenvalue weighted by Gasteiger charge is -2.36. The highest BCUT2D eigenvalue weighted by Crippen LogP contribution is 2.55. The number of rotatable bonds is 3. The van der Waals surface area contributed by atoms with Gasteiger partial charge in [-0.1, -0.05) is 18.2 Å². The lowest BCUT2D eigenvalue weighted by Crippen LogP contribution is -2.43. The zero-order valence-electron chi connectivity index (χ0n) is 18.3. The molecule has 0 radical (unpaired) electrons. The van der Waals surface area contributed by atoms with Gasteiger partial charge in [0.25, 0.3) is 0 Å². The molecule has 0 bridgehead atoms. The third-order valence-electron chi connectivity index (χ3n) is 6.81. The number of hydrogen-bond acceptors (Lipinski definition) is 5. The molecule has 0 saturated carbocycles. The topological polar surface area (TPSA) is 48.0 Å². The van der Waals surface area contributed by atoms with Crippen molar-refractivity contribution in [2.75, 3.05) is 20.7 Å². The molecule has 0 aromatic heterocycles. The van der Waals surface area contributed by atoms with E-state index in [1.807, 2.05) is 12.1 Å². The molecule has 1 spiro atoms. The van der Waals surface area contributed by atoms with Crippen molar-refractivity contribution >= 4 is 5.97 Å². The average molecular weight is 459 g/mol. The van der Waals surface area contributed by atoms with Crippen molar-refractivity contribution in [3.8, 4) is 11.5 Å². The number of methoxy groups -OCH3 is 1. The Balaban J connectivity index is 1.42. The number of alkyl halides is 3. The number of benzene rings is 2. The molecule has 0 N–H and O–H groups in total. The van der Waals surface area contributed by atoms with Crippen LogP contribution in [0.25, 0.3) is 0 Å². The van der Waals surface area contributed by atoms with E-state index in [1.165, 1.54) is 17.7 Å². The van der Waals surface area contributed by atoms with Gasteiger partial charge in [0.05, 0.1) is 23.7 Å². The third-order valence-corrected chi connectivity index (χ3v) is 6.81. The fourth-order valence-corrected chi connectivity index (χ4v) is 5.18. The number of ether oxygens (including phenoxy) is 3. The molecule has 2 heterocycles. The maximum absolute atomic E-state index is 13.0. The second-order valence-electron chi connectivity index (χ2n) is 8.88.